The van der Waals surface area contributed by atoms with E-state index >= 15 is 0 Å². The van der Waals surface area contributed by atoms with E-state index in [0.717, 1.165) is 27.6 Å². The van der Waals surface area contributed by atoms with Gasteiger partial charge in [-0.3, -0.25) is 9.78 Å². The second kappa shape index (κ2) is 9.03. The second-order valence-electron chi connectivity index (χ2n) is 8.51. The van der Waals surface area contributed by atoms with E-state index in [9.17, 15) is 13.2 Å². The Hall–Kier alpha value is -3.34. The molecule has 180 valence electrons. The van der Waals surface area contributed by atoms with E-state index in [1.54, 1.807) is 54.0 Å². The van der Waals surface area contributed by atoms with Gasteiger partial charge in [-0.2, -0.15) is 4.31 Å². The smallest absolute Gasteiger partial charge is 0.291 e. The van der Waals surface area contributed by atoms with Crippen LogP contribution in [0.3, 0.4) is 0 Å². The number of sulfonamides is 1. The van der Waals surface area contributed by atoms with Crippen molar-refractivity contribution in [1.29, 1.82) is 0 Å². The van der Waals surface area contributed by atoms with E-state index < -0.39 is 10.0 Å². The van der Waals surface area contributed by atoms with Crippen LogP contribution in [0.15, 0.2) is 54.1 Å². The number of hydrogen-bond donors (Lipinski definition) is 1. The third-order valence-corrected chi connectivity index (χ3v) is 8.21. The van der Waals surface area contributed by atoms with Crippen LogP contribution in [0, 0.1) is 13.8 Å². The molecule has 11 heteroatoms. The van der Waals surface area contributed by atoms with Crippen LogP contribution in [-0.4, -0.2) is 69.6 Å². The lowest BCUT2D eigenvalue weighted by Gasteiger charge is -2.33. The van der Waals surface area contributed by atoms with E-state index in [1.807, 2.05) is 13.8 Å². The number of benzene rings is 1. The first-order valence-electron chi connectivity index (χ1n) is 11.1. The fraction of sp³-hybridized carbons (Fsp3) is 0.250. The molecule has 0 bridgehead atoms. The second-order valence-corrected chi connectivity index (χ2v) is 10.8. The molecular formula is C24H23ClN6O3S. The molecule has 0 atom stereocenters. The van der Waals surface area contributed by atoms with Crippen molar-refractivity contribution >= 4 is 38.4 Å². The van der Waals surface area contributed by atoms with Crippen LogP contribution in [0.2, 0.25) is 5.02 Å². The molecule has 4 aromatic rings. The summed E-state index contributed by atoms with van der Waals surface area (Å²) in [5.74, 6) is -0.237. The number of halogens is 1. The van der Waals surface area contributed by atoms with Gasteiger partial charge in [-0.1, -0.05) is 11.6 Å². The highest BCUT2D eigenvalue weighted by atomic mass is 35.5. The summed E-state index contributed by atoms with van der Waals surface area (Å²) in [6.07, 6.45) is 6.83. The van der Waals surface area contributed by atoms with Gasteiger partial charge < -0.3 is 9.88 Å². The van der Waals surface area contributed by atoms with Gasteiger partial charge in [0.25, 0.3) is 15.9 Å². The largest absolute Gasteiger partial charge is 0.345 e. The van der Waals surface area contributed by atoms with Gasteiger partial charge in [0.1, 0.15) is 5.03 Å². The van der Waals surface area contributed by atoms with Crippen LogP contribution in [0.5, 0.6) is 0 Å². The first-order valence-corrected chi connectivity index (χ1v) is 12.9. The Morgan fingerprint density at radius 3 is 2.29 bits per heavy atom. The fourth-order valence-electron chi connectivity index (χ4n) is 4.35. The number of amides is 1. The number of carbonyl (C=O) groups is 1. The number of fused-ring (bicyclic) bond motifs is 1. The molecule has 35 heavy (non-hydrogen) atoms. The molecule has 0 unspecified atom stereocenters. The average molecular weight is 511 g/mol. The SMILES string of the molecule is Cc1cncc(C)c1-c1cnc(C(=O)N2CCN(S(=O)(=O)c3cc4cc(Cl)ccc4[nH]3)CC2)nc1. The van der Waals surface area contributed by atoms with Crippen LogP contribution in [0.25, 0.3) is 22.0 Å². The number of nitrogens with zero attached hydrogens (tertiary/aromatic N) is 5. The molecule has 0 saturated carbocycles. The molecule has 3 aromatic heterocycles. The number of aryl methyl sites for hydroxylation is 2. The summed E-state index contributed by atoms with van der Waals surface area (Å²) in [6, 6.07) is 6.74. The predicted octanol–water partition coefficient (Wildman–Crippen LogP) is 3.44. The zero-order valence-electron chi connectivity index (χ0n) is 19.2. The summed E-state index contributed by atoms with van der Waals surface area (Å²) in [4.78, 5) is 30.2. The van der Waals surface area contributed by atoms with E-state index in [1.165, 1.54) is 4.31 Å². The molecule has 0 radical (unpaired) electrons. The number of aromatic amines is 1. The van der Waals surface area contributed by atoms with Crippen LogP contribution in [-0.2, 0) is 10.0 Å². The number of H-pyrrole nitrogens is 1. The standard InChI is InChI=1S/C24H23ClN6O3S/c1-15-11-26-12-16(2)22(15)18-13-27-23(28-14-18)24(32)30-5-7-31(8-6-30)35(33,34)21-10-17-9-19(25)3-4-20(17)29-21/h3-4,9-14,29H,5-8H2,1-2H3. The van der Waals surface area contributed by atoms with Crippen LogP contribution >= 0.6 is 11.6 Å². The minimum absolute atomic E-state index is 0.0851. The van der Waals surface area contributed by atoms with Crippen molar-refractivity contribution in [2.75, 3.05) is 26.2 Å². The Balaban J connectivity index is 1.28. The Kier molecular flexibility index (Phi) is 6.04. The molecule has 1 aliphatic heterocycles. The number of hydrogen-bond acceptors (Lipinski definition) is 6. The summed E-state index contributed by atoms with van der Waals surface area (Å²) in [6.45, 7) is 4.78. The van der Waals surface area contributed by atoms with Crippen LogP contribution < -0.4 is 0 Å². The van der Waals surface area contributed by atoms with Gasteiger partial charge in [-0.05, 0) is 54.8 Å². The number of nitrogens with one attached hydrogen (secondary N) is 1. The molecule has 1 saturated heterocycles. The molecule has 4 heterocycles. The Bertz CT molecular complexity index is 1510. The molecule has 1 amide bonds. The van der Waals surface area contributed by atoms with Gasteiger partial charge >= 0.3 is 0 Å². The molecule has 9 nitrogen and oxygen atoms in total. The Morgan fingerprint density at radius 1 is 0.971 bits per heavy atom. The molecular weight excluding hydrogens is 488 g/mol. The maximum atomic E-state index is 13.1. The molecule has 0 spiro atoms. The van der Waals surface area contributed by atoms with Gasteiger partial charge in [-0.15, -0.1) is 0 Å². The number of carbonyl (C=O) groups excluding carboxylic acids is 1. The summed E-state index contributed by atoms with van der Waals surface area (Å²) in [5, 5.41) is 1.37. The molecule has 1 aliphatic rings. The predicted molar refractivity (Wildman–Crippen MR) is 133 cm³/mol. The number of aromatic nitrogens is 4. The average Bonchev–Trinajstić information content (AvgIpc) is 3.28. The maximum absolute atomic E-state index is 13.1. The molecule has 1 N–H and O–H groups in total. The summed E-state index contributed by atoms with van der Waals surface area (Å²) >= 11 is 6.02. The van der Waals surface area contributed by atoms with Gasteiger partial charge in [0, 0.05) is 72.5 Å². The van der Waals surface area contributed by atoms with Crippen molar-refractivity contribution in [1.82, 2.24) is 29.1 Å². The molecule has 5 rings (SSSR count). The third-order valence-electron chi connectivity index (χ3n) is 6.16. The lowest BCUT2D eigenvalue weighted by molar-refractivity contribution is 0.0685. The molecule has 1 fully saturated rings. The van der Waals surface area contributed by atoms with Gasteiger partial charge in [0.05, 0.1) is 0 Å². The van der Waals surface area contributed by atoms with Crippen LogP contribution in [0.4, 0.5) is 0 Å². The van der Waals surface area contributed by atoms with Crippen molar-refractivity contribution in [2.45, 2.75) is 18.9 Å². The lowest BCUT2D eigenvalue weighted by atomic mass is 10.0. The topological polar surface area (TPSA) is 112 Å². The highest BCUT2D eigenvalue weighted by molar-refractivity contribution is 7.89. The van der Waals surface area contributed by atoms with Crippen molar-refractivity contribution in [3.63, 3.8) is 0 Å². The summed E-state index contributed by atoms with van der Waals surface area (Å²) in [7, 11) is -3.73. The van der Waals surface area contributed by atoms with E-state index in [-0.39, 0.29) is 42.9 Å². The lowest BCUT2D eigenvalue weighted by Crippen LogP contribution is -2.50. The van der Waals surface area contributed by atoms with E-state index in [4.69, 9.17) is 11.6 Å². The molecule has 0 aliphatic carbocycles. The maximum Gasteiger partial charge on any atom is 0.291 e. The van der Waals surface area contributed by atoms with Crippen LogP contribution in [0.1, 0.15) is 21.7 Å². The van der Waals surface area contributed by atoms with E-state index in [2.05, 4.69) is 19.9 Å². The normalized spacial score (nSPS) is 15.0. The summed E-state index contributed by atoms with van der Waals surface area (Å²) < 4.78 is 27.7. The minimum atomic E-state index is -3.73. The van der Waals surface area contributed by atoms with Crippen molar-refractivity contribution in [3.05, 3.63) is 71.0 Å². The van der Waals surface area contributed by atoms with Gasteiger partial charge in [0.15, 0.2) is 0 Å². The monoisotopic (exact) mass is 510 g/mol. The quantitative estimate of drug-likeness (QED) is 0.450. The number of piperazine rings is 1. The van der Waals surface area contributed by atoms with E-state index in [0.29, 0.717) is 10.5 Å². The number of rotatable bonds is 4. The van der Waals surface area contributed by atoms with Gasteiger partial charge in [0.2, 0.25) is 5.82 Å². The highest BCUT2D eigenvalue weighted by Crippen LogP contribution is 2.26. The van der Waals surface area contributed by atoms with Crippen molar-refractivity contribution < 1.29 is 13.2 Å². The fourth-order valence-corrected chi connectivity index (χ4v) is 5.97. The first kappa shape index (κ1) is 23.4. The van der Waals surface area contributed by atoms with Gasteiger partial charge in [-0.25, -0.2) is 18.4 Å². The van der Waals surface area contributed by atoms with Crippen molar-refractivity contribution in [2.24, 2.45) is 0 Å². The Morgan fingerprint density at radius 2 is 1.63 bits per heavy atom. The Labute approximate surface area is 207 Å². The first-order chi connectivity index (χ1) is 16.7. The minimum Gasteiger partial charge on any atom is -0.345 e. The third kappa shape index (κ3) is 4.40. The zero-order valence-corrected chi connectivity index (χ0v) is 20.8. The molecule has 1 aromatic carbocycles. The van der Waals surface area contributed by atoms with Crippen molar-refractivity contribution in [3.8, 4) is 11.1 Å². The zero-order chi connectivity index (χ0) is 24.7. The summed E-state index contributed by atoms with van der Waals surface area (Å²) in [5.41, 5.74) is 4.51. The highest BCUT2D eigenvalue weighted by Gasteiger charge is 2.32. The number of pyridine rings is 1.